The molecule has 136 valence electrons. The lowest BCUT2D eigenvalue weighted by Crippen LogP contribution is -2.36. The molecule has 2 heterocycles. The first-order valence-corrected chi connectivity index (χ1v) is 9.10. The fourth-order valence-corrected chi connectivity index (χ4v) is 4.41. The number of ether oxygens (including phenoxy) is 2. The second kappa shape index (κ2) is 6.02. The highest BCUT2D eigenvalue weighted by Crippen LogP contribution is 2.52. The summed E-state index contributed by atoms with van der Waals surface area (Å²) in [6.07, 6.45) is 0. The number of methoxy groups -OCH3 is 1. The van der Waals surface area contributed by atoms with Crippen LogP contribution in [0, 0.1) is 5.82 Å². The van der Waals surface area contributed by atoms with E-state index in [4.69, 9.17) is 9.47 Å². The van der Waals surface area contributed by atoms with E-state index in [9.17, 15) is 4.39 Å². The molecule has 0 bridgehead atoms. The molecule has 4 heteroatoms. The minimum absolute atomic E-state index is 0.221. The maximum absolute atomic E-state index is 14.5. The van der Waals surface area contributed by atoms with E-state index >= 15 is 0 Å². The molecule has 27 heavy (non-hydrogen) atoms. The molecule has 0 aliphatic carbocycles. The van der Waals surface area contributed by atoms with E-state index in [1.807, 2.05) is 12.1 Å². The Hall–Kier alpha value is -3.01. The predicted molar refractivity (Wildman–Crippen MR) is 103 cm³/mol. The summed E-state index contributed by atoms with van der Waals surface area (Å²) < 4.78 is 25.6. The predicted octanol–water partition coefficient (Wildman–Crippen LogP) is 4.53. The van der Waals surface area contributed by atoms with Crippen LogP contribution in [0.5, 0.6) is 11.5 Å². The van der Waals surface area contributed by atoms with Crippen molar-refractivity contribution in [3.05, 3.63) is 89.2 Å². The Balaban J connectivity index is 1.60. The summed E-state index contributed by atoms with van der Waals surface area (Å²) in [7, 11) is 1.47. The van der Waals surface area contributed by atoms with E-state index in [-0.39, 0.29) is 17.0 Å². The fraction of sp³-hybridized carbons (Fsp3) is 0.217. The summed E-state index contributed by atoms with van der Waals surface area (Å²) >= 11 is 0. The van der Waals surface area contributed by atoms with Gasteiger partial charge in [-0.25, -0.2) is 4.39 Å². The summed E-state index contributed by atoms with van der Waals surface area (Å²) in [4.78, 5) is 2.37. The molecule has 0 saturated carbocycles. The number of benzene rings is 3. The smallest absolute Gasteiger partial charge is 0.165 e. The summed E-state index contributed by atoms with van der Waals surface area (Å²) in [6.45, 7) is 2.09. The number of fused-ring (bicyclic) bond motifs is 4. The van der Waals surface area contributed by atoms with Crippen molar-refractivity contribution in [2.45, 2.75) is 12.0 Å². The van der Waals surface area contributed by atoms with Gasteiger partial charge in [0.15, 0.2) is 11.6 Å². The molecule has 5 rings (SSSR count). The van der Waals surface area contributed by atoms with Crippen molar-refractivity contribution >= 4 is 5.69 Å². The Morgan fingerprint density at radius 3 is 2.63 bits per heavy atom. The van der Waals surface area contributed by atoms with Gasteiger partial charge in [-0.05, 0) is 23.3 Å². The molecule has 1 spiro atoms. The van der Waals surface area contributed by atoms with Gasteiger partial charge in [0, 0.05) is 30.4 Å². The molecular weight excluding hydrogens is 341 g/mol. The lowest BCUT2D eigenvalue weighted by atomic mass is 9.78. The van der Waals surface area contributed by atoms with Gasteiger partial charge < -0.3 is 14.4 Å². The lowest BCUT2D eigenvalue weighted by molar-refractivity contribution is 0.297. The van der Waals surface area contributed by atoms with Crippen molar-refractivity contribution in [2.75, 3.05) is 25.2 Å². The Labute approximate surface area is 158 Å². The van der Waals surface area contributed by atoms with E-state index in [1.54, 1.807) is 12.1 Å². The van der Waals surface area contributed by atoms with E-state index in [0.29, 0.717) is 12.4 Å². The van der Waals surface area contributed by atoms with Crippen molar-refractivity contribution in [1.82, 2.24) is 0 Å². The summed E-state index contributed by atoms with van der Waals surface area (Å²) in [5.74, 6) is 0.586. The zero-order valence-electron chi connectivity index (χ0n) is 15.1. The molecule has 0 N–H and O–H groups in total. The highest BCUT2D eigenvalue weighted by atomic mass is 19.1. The van der Waals surface area contributed by atoms with Gasteiger partial charge in [-0.3, -0.25) is 0 Å². The monoisotopic (exact) mass is 361 g/mol. The Kier molecular flexibility index (Phi) is 3.61. The molecule has 0 aromatic heterocycles. The summed E-state index contributed by atoms with van der Waals surface area (Å²) in [5, 5.41) is 0. The zero-order valence-corrected chi connectivity index (χ0v) is 15.1. The number of anilines is 1. The van der Waals surface area contributed by atoms with Gasteiger partial charge >= 0.3 is 0 Å². The molecular formula is C23H20FNO2. The van der Waals surface area contributed by atoms with Crippen molar-refractivity contribution < 1.29 is 13.9 Å². The topological polar surface area (TPSA) is 21.7 Å². The number of rotatable bonds is 3. The van der Waals surface area contributed by atoms with Gasteiger partial charge in [-0.15, -0.1) is 0 Å². The minimum Gasteiger partial charge on any atom is -0.494 e. The number of halogens is 1. The molecule has 1 atom stereocenters. The Morgan fingerprint density at radius 1 is 1.04 bits per heavy atom. The average Bonchev–Trinajstić information content (AvgIpc) is 3.21. The largest absolute Gasteiger partial charge is 0.494 e. The number of para-hydroxylation sites is 1. The number of hydrogen-bond acceptors (Lipinski definition) is 3. The average molecular weight is 361 g/mol. The van der Waals surface area contributed by atoms with Crippen molar-refractivity contribution in [1.29, 1.82) is 0 Å². The van der Waals surface area contributed by atoms with Crippen molar-refractivity contribution in [3.63, 3.8) is 0 Å². The van der Waals surface area contributed by atoms with E-state index in [1.165, 1.54) is 23.9 Å². The minimum atomic E-state index is -0.353. The molecule has 0 amide bonds. The molecule has 1 unspecified atom stereocenters. The van der Waals surface area contributed by atoms with E-state index < -0.39 is 0 Å². The van der Waals surface area contributed by atoms with Crippen LogP contribution in [-0.4, -0.2) is 20.3 Å². The molecule has 2 aliphatic heterocycles. The lowest BCUT2D eigenvalue weighted by Gasteiger charge is -2.25. The second-order valence-corrected chi connectivity index (χ2v) is 7.21. The zero-order chi connectivity index (χ0) is 18.4. The molecule has 3 aromatic rings. The third-order valence-corrected chi connectivity index (χ3v) is 5.68. The van der Waals surface area contributed by atoms with Gasteiger partial charge in [0.25, 0.3) is 0 Å². The fourth-order valence-electron chi connectivity index (χ4n) is 4.41. The molecule has 2 aliphatic rings. The summed E-state index contributed by atoms with van der Waals surface area (Å²) in [5.41, 5.74) is 4.19. The van der Waals surface area contributed by atoms with Crippen LogP contribution in [0.15, 0.2) is 66.7 Å². The Morgan fingerprint density at radius 2 is 1.81 bits per heavy atom. The van der Waals surface area contributed by atoms with Crippen LogP contribution in [0.3, 0.4) is 0 Å². The standard InChI is InChI=1S/C23H20FNO2/c1-26-22-12-21-18(11-19(22)24)23(15-27-21)14-25(13-16-7-3-2-4-8-16)20-10-6-5-9-17(20)23/h2-12H,13-15H2,1H3. The molecule has 0 radical (unpaired) electrons. The van der Waals surface area contributed by atoms with E-state index in [0.717, 1.165) is 18.7 Å². The van der Waals surface area contributed by atoms with Gasteiger partial charge in [-0.1, -0.05) is 48.5 Å². The Bertz CT molecular complexity index is 1000. The number of hydrogen-bond donors (Lipinski definition) is 0. The van der Waals surface area contributed by atoms with Crippen LogP contribution in [-0.2, 0) is 12.0 Å². The molecule has 0 saturated heterocycles. The molecule has 0 fully saturated rings. The highest BCUT2D eigenvalue weighted by molar-refractivity contribution is 5.69. The van der Waals surface area contributed by atoms with Crippen molar-refractivity contribution in [3.8, 4) is 11.5 Å². The second-order valence-electron chi connectivity index (χ2n) is 7.21. The first-order chi connectivity index (χ1) is 13.2. The van der Waals surface area contributed by atoms with Crippen LogP contribution >= 0.6 is 0 Å². The van der Waals surface area contributed by atoms with Crippen molar-refractivity contribution in [2.24, 2.45) is 0 Å². The van der Waals surface area contributed by atoms with Gasteiger partial charge in [0.05, 0.1) is 12.5 Å². The van der Waals surface area contributed by atoms with Crippen LogP contribution in [0.1, 0.15) is 16.7 Å². The normalized spacial score (nSPS) is 19.7. The van der Waals surface area contributed by atoms with Gasteiger partial charge in [0.2, 0.25) is 0 Å². The third-order valence-electron chi connectivity index (χ3n) is 5.68. The maximum Gasteiger partial charge on any atom is 0.165 e. The number of nitrogens with zero attached hydrogens (tertiary/aromatic N) is 1. The summed E-state index contributed by atoms with van der Waals surface area (Å²) in [6, 6.07) is 22.1. The maximum atomic E-state index is 14.5. The van der Waals surface area contributed by atoms with Crippen LogP contribution in [0.25, 0.3) is 0 Å². The highest BCUT2D eigenvalue weighted by Gasteiger charge is 2.50. The van der Waals surface area contributed by atoms with Crippen LogP contribution in [0.2, 0.25) is 0 Å². The first-order valence-electron chi connectivity index (χ1n) is 9.10. The quantitative estimate of drug-likeness (QED) is 0.684. The van der Waals surface area contributed by atoms with Crippen LogP contribution < -0.4 is 14.4 Å². The first kappa shape index (κ1) is 16.2. The molecule has 3 aromatic carbocycles. The van der Waals surface area contributed by atoms with E-state index in [2.05, 4.69) is 47.4 Å². The SMILES string of the molecule is COc1cc2c(cc1F)C1(CO2)CN(Cc2ccccc2)c2ccccc21. The van der Waals surface area contributed by atoms with Crippen LogP contribution in [0.4, 0.5) is 10.1 Å². The van der Waals surface area contributed by atoms with Gasteiger partial charge in [0.1, 0.15) is 12.4 Å². The van der Waals surface area contributed by atoms with Gasteiger partial charge in [-0.2, -0.15) is 0 Å². The molecule has 3 nitrogen and oxygen atoms in total. The third kappa shape index (κ3) is 2.40.